The van der Waals surface area contributed by atoms with Gasteiger partial charge in [0.2, 0.25) is 0 Å². The highest BCUT2D eigenvalue weighted by atomic mass is 16.1. The van der Waals surface area contributed by atoms with E-state index in [4.69, 9.17) is 0 Å². The van der Waals surface area contributed by atoms with Crippen LogP contribution in [-0.4, -0.2) is 15.7 Å². The highest BCUT2D eigenvalue weighted by molar-refractivity contribution is 5.84. The maximum atomic E-state index is 10.7. The standard InChI is InChI=1S/C10H10N2O/c1-7-5-8(2)12-4-3-9(6-13)10(12)11-7/h3-6H,1-2H3. The number of carbonyl (C=O) groups is 1. The van der Waals surface area contributed by atoms with Gasteiger partial charge in [0.1, 0.15) is 5.65 Å². The van der Waals surface area contributed by atoms with Gasteiger partial charge in [0.25, 0.3) is 0 Å². The van der Waals surface area contributed by atoms with Crippen molar-refractivity contribution in [3.8, 4) is 0 Å². The lowest BCUT2D eigenvalue weighted by molar-refractivity contribution is 0.112. The van der Waals surface area contributed by atoms with Crippen LogP contribution in [0.5, 0.6) is 0 Å². The van der Waals surface area contributed by atoms with Gasteiger partial charge in [-0.15, -0.1) is 0 Å². The lowest BCUT2D eigenvalue weighted by atomic mass is 10.3. The van der Waals surface area contributed by atoms with Gasteiger partial charge in [0.05, 0.1) is 5.56 Å². The lowest BCUT2D eigenvalue weighted by Crippen LogP contribution is -1.95. The second-order valence-electron chi connectivity index (χ2n) is 3.12. The first-order valence-corrected chi connectivity index (χ1v) is 4.13. The van der Waals surface area contributed by atoms with Gasteiger partial charge in [-0.3, -0.25) is 4.79 Å². The summed E-state index contributed by atoms with van der Waals surface area (Å²) in [4.78, 5) is 14.9. The molecule has 2 rings (SSSR count). The number of fused-ring (bicyclic) bond motifs is 1. The smallest absolute Gasteiger partial charge is 0.153 e. The summed E-state index contributed by atoms with van der Waals surface area (Å²) in [5.74, 6) is 0. The monoisotopic (exact) mass is 174 g/mol. The van der Waals surface area contributed by atoms with Crippen molar-refractivity contribution in [2.45, 2.75) is 13.8 Å². The molecular weight excluding hydrogens is 164 g/mol. The van der Waals surface area contributed by atoms with Gasteiger partial charge >= 0.3 is 0 Å². The van der Waals surface area contributed by atoms with Crippen LogP contribution in [0.3, 0.4) is 0 Å². The molecule has 0 unspecified atom stereocenters. The van der Waals surface area contributed by atoms with E-state index in [9.17, 15) is 4.79 Å². The summed E-state index contributed by atoms with van der Waals surface area (Å²) in [5, 5.41) is 0. The highest BCUT2D eigenvalue weighted by Gasteiger charge is 2.04. The lowest BCUT2D eigenvalue weighted by Gasteiger charge is -2.01. The minimum atomic E-state index is 0.645. The SMILES string of the molecule is Cc1cc(C)n2ccc(C=O)c2n1. The van der Waals surface area contributed by atoms with Gasteiger partial charge in [0, 0.05) is 17.6 Å². The minimum Gasteiger partial charge on any atom is -0.305 e. The van der Waals surface area contributed by atoms with Gasteiger partial charge in [0.15, 0.2) is 6.29 Å². The Morgan fingerprint density at radius 1 is 1.46 bits per heavy atom. The molecule has 0 saturated carbocycles. The minimum absolute atomic E-state index is 0.645. The van der Waals surface area contributed by atoms with Crippen molar-refractivity contribution < 1.29 is 4.79 Å². The molecule has 0 fully saturated rings. The zero-order chi connectivity index (χ0) is 9.42. The predicted octanol–water partition coefficient (Wildman–Crippen LogP) is 1.76. The van der Waals surface area contributed by atoms with Crippen molar-refractivity contribution in [2.75, 3.05) is 0 Å². The number of hydrogen-bond donors (Lipinski definition) is 0. The number of carbonyl (C=O) groups excluding carboxylic acids is 1. The molecule has 0 N–H and O–H groups in total. The first-order valence-electron chi connectivity index (χ1n) is 4.13. The molecule has 0 amide bonds. The van der Waals surface area contributed by atoms with E-state index in [1.165, 1.54) is 0 Å². The third-order valence-electron chi connectivity index (χ3n) is 2.10. The van der Waals surface area contributed by atoms with Crippen LogP contribution in [0.15, 0.2) is 18.3 Å². The molecule has 13 heavy (non-hydrogen) atoms. The number of aryl methyl sites for hydroxylation is 2. The third kappa shape index (κ3) is 1.13. The Labute approximate surface area is 76.0 Å². The Balaban J connectivity index is 2.89. The van der Waals surface area contributed by atoms with Crippen molar-refractivity contribution in [1.29, 1.82) is 0 Å². The second-order valence-corrected chi connectivity index (χ2v) is 3.12. The Bertz CT molecular complexity index is 471. The molecular formula is C10H10N2O. The van der Waals surface area contributed by atoms with Crippen molar-refractivity contribution in [2.24, 2.45) is 0 Å². The van der Waals surface area contributed by atoms with Crippen LogP contribution in [0.25, 0.3) is 5.65 Å². The fraction of sp³-hybridized carbons (Fsp3) is 0.200. The topological polar surface area (TPSA) is 34.4 Å². The molecule has 0 aromatic carbocycles. The summed E-state index contributed by atoms with van der Waals surface area (Å²) in [7, 11) is 0. The molecule has 0 radical (unpaired) electrons. The molecule has 66 valence electrons. The number of aromatic nitrogens is 2. The summed E-state index contributed by atoms with van der Waals surface area (Å²) in [6.45, 7) is 3.92. The molecule has 0 aliphatic rings. The number of aldehydes is 1. The fourth-order valence-corrected chi connectivity index (χ4v) is 1.51. The van der Waals surface area contributed by atoms with Crippen molar-refractivity contribution in [3.05, 3.63) is 35.3 Å². The van der Waals surface area contributed by atoms with E-state index in [0.29, 0.717) is 5.56 Å². The highest BCUT2D eigenvalue weighted by Crippen LogP contribution is 2.11. The first-order chi connectivity index (χ1) is 6.22. The molecule has 0 bridgehead atoms. The number of hydrogen-bond acceptors (Lipinski definition) is 2. The average Bonchev–Trinajstić information content (AvgIpc) is 2.47. The van der Waals surface area contributed by atoms with Crippen LogP contribution in [0.1, 0.15) is 21.7 Å². The molecule has 2 heterocycles. The summed E-state index contributed by atoms with van der Waals surface area (Å²) in [5.41, 5.74) is 3.42. The maximum Gasteiger partial charge on any atom is 0.153 e. The molecule has 0 aliphatic heterocycles. The molecule has 0 aliphatic carbocycles. The van der Waals surface area contributed by atoms with Crippen LogP contribution in [0.2, 0.25) is 0 Å². The summed E-state index contributed by atoms with van der Waals surface area (Å²) >= 11 is 0. The predicted molar refractivity (Wildman–Crippen MR) is 50.1 cm³/mol. The summed E-state index contributed by atoms with van der Waals surface area (Å²) in [6, 6.07) is 3.77. The second kappa shape index (κ2) is 2.69. The molecule has 0 saturated heterocycles. The van der Waals surface area contributed by atoms with Gasteiger partial charge < -0.3 is 4.40 Å². The molecule has 3 heteroatoms. The van der Waals surface area contributed by atoms with Crippen LogP contribution in [-0.2, 0) is 0 Å². The first kappa shape index (κ1) is 7.98. The Kier molecular flexibility index (Phi) is 1.65. The largest absolute Gasteiger partial charge is 0.305 e. The molecule has 3 nitrogen and oxygen atoms in total. The molecule has 2 aromatic heterocycles. The number of rotatable bonds is 1. The summed E-state index contributed by atoms with van der Waals surface area (Å²) < 4.78 is 1.91. The van der Waals surface area contributed by atoms with Gasteiger partial charge in [-0.1, -0.05) is 0 Å². The Morgan fingerprint density at radius 2 is 2.23 bits per heavy atom. The van der Waals surface area contributed by atoms with E-state index < -0.39 is 0 Å². The van der Waals surface area contributed by atoms with E-state index in [2.05, 4.69) is 4.98 Å². The quantitative estimate of drug-likeness (QED) is 0.617. The fourth-order valence-electron chi connectivity index (χ4n) is 1.51. The normalized spacial score (nSPS) is 10.6. The van der Waals surface area contributed by atoms with Crippen LogP contribution in [0, 0.1) is 13.8 Å². The van der Waals surface area contributed by atoms with E-state index in [0.717, 1.165) is 23.3 Å². The van der Waals surface area contributed by atoms with Crippen LogP contribution >= 0.6 is 0 Å². The van der Waals surface area contributed by atoms with Gasteiger partial charge in [-0.2, -0.15) is 0 Å². The van der Waals surface area contributed by atoms with E-state index in [1.54, 1.807) is 6.07 Å². The molecule has 0 atom stereocenters. The Hall–Kier alpha value is -1.64. The average molecular weight is 174 g/mol. The van der Waals surface area contributed by atoms with E-state index in [1.807, 2.05) is 30.5 Å². The van der Waals surface area contributed by atoms with Crippen LogP contribution in [0.4, 0.5) is 0 Å². The van der Waals surface area contributed by atoms with Gasteiger partial charge in [-0.05, 0) is 26.0 Å². The van der Waals surface area contributed by atoms with E-state index in [-0.39, 0.29) is 0 Å². The number of nitrogens with zero attached hydrogens (tertiary/aromatic N) is 2. The Morgan fingerprint density at radius 3 is 2.92 bits per heavy atom. The van der Waals surface area contributed by atoms with E-state index >= 15 is 0 Å². The third-order valence-corrected chi connectivity index (χ3v) is 2.10. The maximum absolute atomic E-state index is 10.7. The van der Waals surface area contributed by atoms with Crippen LogP contribution < -0.4 is 0 Å². The zero-order valence-electron chi connectivity index (χ0n) is 7.61. The zero-order valence-corrected chi connectivity index (χ0v) is 7.61. The summed E-state index contributed by atoms with van der Waals surface area (Å²) in [6.07, 6.45) is 2.70. The van der Waals surface area contributed by atoms with Crippen molar-refractivity contribution in [1.82, 2.24) is 9.38 Å². The van der Waals surface area contributed by atoms with Gasteiger partial charge in [-0.25, -0.2) is 4.98 Å². The molecule has 2 aromatic rings. The molecule has 0 spiro atoms. The van der Waals surface area contributed by atoms with Crippen molar-refractivity contribution in [3.63, 3.8) is 0 Å². The van der Waals surface area contributed by atoms with Crippen molar-refractivity contribution >= 4 is 11.9 Å².